The Bertz CT molecular complexity index is 1140. The third-order valence-electron chi connectivity index (χ3n) is 5.54. The van der Waals surface area contributed by atoms with Gasteiger partial charge < -0.3 is 5.32 Å². The van der Waals surface area contributed by atoms with Gasteiger partial charge in [0.15, 0.2) is 0 Å². The predicted molar refractivity (Wildman–Crippen MR) is 125 cm³/mol. The normalized spacial score (nSPS) is 16.6. The number of aryl methyl sites for hydroxylation is 1. The topological polar surface area (TPSA) is 107 Å². The molecule has 0 radical (unpaired) electrons. The number of nitrogens with zero attached hydrogens (tertiary/aromatic N) is 3. The van der Waals surface area contributed by atoms with Crippen molar-refractivity contribution >= 4 is 39.2 Å². The quantitative estimate of drug-likeness (QED) is 0.595. The molecule has 10 heteroatoms. The van der Waals surface area contributed by atoms with Crippen LogP contribution in [0.1, 0.15) is 26.3 Å². The molecule has 4 amide bonds. The second-order valence-corrected chi connectivity index (χ2v) is 9.69. The zero-order chi connectivity index (χ0) is 24.3. The second kappa shape index (κ2) is 9.72. The number of urea groups is 1. The zero-order valence-corrected chi connectivity index (χ0v) is 19.9. The van der Waals surface area contributed by atoms with Gasteiger partial charge in [0, 0.05) is 24.5 Å². The van der Waals surface area contributed by atoms with Gasteiger partial charge in [0.25, 0.3) is 5.91 Å². The van der Waals surface area contributed by atoms with Crippen LogP contribution in [0.3, 0.4) is 0 Å². The van der Waals surface area contributed by atoms with Gasteiger partial charge in [-0.3, -0.25) is 19.4 Å². The molecule has 1 fully saturated rings. The Morgan fingerprint density at radius 3 is 2.12 bits per heavy atom. The average Bonchev–Trinajstić information content (AvgIpc) is 2.98. The summed E-state index contributed by atoms with van der Waals surface area (Å²) in [5, 5.41) is 2.61. The molecule has 0 aromatic heterocycles. The van der Waals surface area contributed by atoms with Crippen LogP contribution in [0.5, 0.6) is 0 Å². The van der Waals surface area contributed by atoms with E-state index in [0.29, 0.717) is 24.5 Å². The van der Waals surface area contributed by atoms with Gasteiger partial charge in [-0.25, -0.2) is 13.2 Å². The first-order valence-electron chi connectivity index (χ1n) is 10.7. The molecule has 1 saturated heterocycles. The minimum atomic E-state index is -3.60. The van der Waals surface area contributed by atoms with Crippen molar-refractivity contribution in [3.63, 3.8) is 0 Å². The highest BCUT2D eigenvalue weighted by Gasteiger charge is 2.44. The molecule has 176 valence electrons. The van der Waals surface area contributed by atoms with Crippen LogP contribution in [0.15, 0.2) is 53.4 Å². The summed E-state index contributed by atoms with van der Waals surface area (Å²) in [6.07, 6.45) is 0. The van der Waals surface area contributed by atoms with Gasteiger partial charge in [-0.05, 0) is 50.2 Å². The minimum absolute atomic E-state index is 0.122. The fourth-order valence-electron chi connectivity index (χ4n) is 3.68. The lowest BCUT2D eigenvalue weighted by atomic mass is 10.2. The summed E-state index contributed by atoms with van der Waals surface area (Å²) in [7, 11) is -3.60. The van der Waals surface area contributed by atoms with Crippen molar-refractivity contribution in [1.29, 1.82) is 0 Å². The summed E-state index contributed by atoms with van der Waals surface area (Å²) in [5.74, 6) is -1.02. The van der Waals surface area contributed by atoms with Crippen LogP contribution in [0.4, 0.5) is 16.2 Å². The van der Waals surface area contributed by atoms with Crippen LogP contribution in [-0.2, 0) is 19.6 Å². The number of hydrogen-bond donors (Lipinski definition) is 1. The Hall–Kier alpha value is -3.24. The molecule has 1 atom stereocenters. The van der Waals surface area contributed by atoms with E-state index in [1.54, 1.807) is 32.9 Å². The van der Waals surface area contributed by atoms with Crippen molar-refractivity contribution in [3.8, 4) is 0 Å². The van der Waals surface area contributed by atoms with E-state index in [1.807, 2.05) is 19.1 Å². The van der Waals surface area contributed by atoms with Gasteiger partial charge in [-0.15, -0.1) is 0 Å². The highest BCUT2D eigenvalue weighted by molar-refractivity contribution is 7.89. The predicted octanol–water partition coefficient (Wildman–Crippen LogP) is 2.82. The van der Waals surface area contributed by atoms with Crippen molar-refractivity contribution in [2.45, 2.75) is 38.6 Å². The third-order valence-corrected chi connectivity index (χ3v) is 7.61. The SMILES string of the molecule is CCN(CC)S(=O)(=O)c1ccc(NC(=O)CN2C(=O)C(C)N(c3ccc(C)cc3)C2=O)cc1. The zero-order valence-electron chi connectivity index (χ0n) is 19.1. The Kier molecular flexibility index (Phi) is 7.19. The lowest BCUT2D eigenvalue weighted by molar-refractivity contribution is -0.130. The maximum Gasteiger partial charge on any atom is 0.332 e. The van der Waals surface area contributed by atoms with E-state index in [-0.39, 0.29) is 4.90 Å². The van der Waals surface area contributed by atoms with Gasteiger partial charge in [-0.1, -0.05) is 31.5 Å². The van der Waals surface area contributed by atoms with Gasteiger partial charge in [0.1, 0.15) is 12.6 Å². The van der Waals surface area contributed by atoms with E-state index in [1.165, 1.54) is 33.5 Å². The number of anilines is 2. The average molecular weight is 473 g/mol. The number of imide groups is 1. The van der Waals surface area contributed by atoms with Crippen molar-refractivity contribution < 1.29 is 22.8 Å². The molecule has 1 heterocycles. The largest absolute Gasteiger partial charge is 0.332 e. The molecule has 1 aliphatic heterocycles. The lowest BCUT2D eigenvalue weighted by Crippen LogP contribution is -2.39. The maximum atomic E-state index is 12.9. The van der Waals surface area contributed by atoms with E-state index in [2.05, 4.69) is 5.32 Å². The van der Waals surface area contributed by atoms with Crippen molar-refractivity contribution in [2.24, 2.45) is 0 Å². The summed E-state index contributed by atoms with van der Waals surface area (Å²) in [6, 6.07) is 11.7. The van der Waals surface area contributed by atoms with Gasteiger partial charge in [0.05, 0.1) is 4.90 Å². The Morgan fingerprint density at radius 2 is 1.58 bits per heavy atom. The monoisotopic (exact) mass is 472 g/mol. The Labute approximate surface area is 194 Å². The molecule has 0 spiro atoms. The fraction of sp³-hybridized carbons (Fsp3) is 0.348. The highest BCUT2D eigenvalue weighted by Crippen LogP contribution is 2.26. The van der Waals surface area contributed by atoms with E-state index in [4.69, 9.17) is 0 Å². The molecular formula is C23H28N4O5S. The first-order chi connectivity index (χ1) is 15.6. The Balaban J connectivity index is 1.69. The first-order valence-corrected chi connectivity index (χ1v) is 12.2. The Morgan fingerprint density at radius 1 is 1.00 bits per heavy atom. The number of carbonyl (C=O) groups excluding carboxylic acids is 3. The minimum Gasteiger partial charge on any atom is -0.325 e. The molecule has 9 nitrogen and oxygen atoms in total. The van der Waals surface area contributed by atoms with Crippen LogP contribution < -0.4 is 10.2 Å². The van der Waals surface area contributed by atoms with Crippen LogP contribution >= 0.6 is 0 Å². The van der Waals surface area contributed by atoms with E-state index >= 15 is 0 Å². The first kappa shape index (κ1) is 24.4. The standard InChI is InChI=1S/C23H28N4O5S/c1-5-25(6-2)33(31,32)20-13-9-18(10-14-20)24-21(28)15-26-22(29)17(4)27(23(26)30)19-11-7-16(3)8-12-19/h7-14,17H,5-6,15H2,1-4H3,(H,24,28). The lowest BCUT2D eigenvalue weighted by Gasteiger charge is -2.19. The van der Waals surface area contributed by atoms with Gasteiger partial charge in [-0.2, -0.15) is 4.31 Å². The number of carbonyl (C=O) groups is 3. The van der Waals surface area contributed by atoms with Crippen molar-refractivity contribution in [3.05, 3.63) is 54.1 Å². The highest BCUT2D eigenvalue weighted by atomic mass is 32.2. The smallest absolute Gasteiger partial charge is 0.325 e. The third kappa shape index (κ3) is 4.91. The van der Waals surface area contributed by atoms with Gasteiger partial charge >= 0.3 is 6.03 Å². The number of sulfonamides is 1. The molecule has 0 saturated carbocycles. The van der Waals surface area contributed by atoms with Crippen molar-refractivity contribution in [2.75, 3.05) is 29.9 Å². The second-order valence-electron chi connectivity index (χ2n) is 7.75. The summed E-state index contributed by atoms with van der Waals surface area (Å²) >= 11 is 0. The molecular weight excluding hydrogens is 444 g/mol. The van der Waals surface area contributed by atoms with Gasteiger partial charge in [0.2, 0.25) is 15.9 Å². The number of nitrogens with one attached hydrogen (secondary N) is 1. The molecule has 1 N–H and O–H groups in total. The maximum absolute atomic E-state index is 12.9. The molecule has 2 aromatic carbocycles. The van der Waals surface area contributed by atoms with Crippen LogP contribution in [-0.4, -0.2) is 61.1 Å². The molecule has 33 heavy (non-hydrogen) atoms. The van der Waals surface area contributed by atoms with E-state index in [0.717, 1.165) is 10.5 Å². The molecule has 3 rings (SSSR count). The van der Waals surface area contributed by atoms with Crippen LogP contribution in [0.25, 0.3) is 0 Å². The number of hydrogen-bond acceptors (Lipinski definition) is 5. The van der Waals surface area contributed by atoms with Crippen LogP contribution in [0.2, 0.25) is 0 Å². The summed E-state index contributed by atoms with van der Waals surface area (Å²) < 4.78 is 26.5. The number of amides is 4. The molecule has 1 unspecified atom stereocenters. The number of rotatable bonds is 8. The summed E-state index contributed by atoms with van der Waals surface area (Å²) in [6.45, 7) is 7.33. The number of benzene rings is 2. The summed E-state index contributed by atoms with van der Waals surface area (Å²) in [5.41, 5.74) is 1.97. The molecule has 2 aromatic rings. The molecule has 0 aliphatic carbocycles. The molecule has 1 aliphatic rings. The van der Waals surface area contributed by atoms with E-state index < -0.39 is 40.5 Å². The van der Waals surface area contributed by atoms with Crippen molar-refractivity contribution in [1.82, 2.24) is 9.21 Å². The molecule has 0 bridgehead atoms. The summed E-state index contributed by atoms with van der Waals surface area (Å²) in [4.78, 5) is 40.4. The fourth-order valence-corrected chi connectivity index (χ4v) is 5.14. The van der Waals surface area contributed by atoms with Crippen LogP contribution in [0, 0.1) is 6.92 Å². The van der Waals surface area contributed by atoms with E-state index in [9.17, 15) is 22.8 Å².